The molecule has 0 radical (unpaired) electrons. The van der Waals surface area contributed by atoms with Crippen LogP contribution >= 0.6 is 34.9 Å². The monoisotopic (exact) mass is 708 g/mol. The van der Waals surface area contributed by atoms with Gasteiger partial charge in [0, 0.05) is 52.8 Å². The summed E-state index contributed by atoms with van der Waals surface area (Å²) in [6, 6.07) is 20.5. The molecule has 14 nitrogen and oxygen atoms in total. The topological polar surface area (TPSA) is 184 Å². The smallest absolute Gasteiger partial charge is 0.274 e. The highest BCUT2D eigenvalue weighted by atomic mass is 32.2. The number of nitrogens with one attached hydrogen (secondary N) is 4. The van der Waals surface area contributed by atoms with Gasteiger partial charge in [-0.25, -0.2) is 19.9 Å². The Bertz CT molecular complexity index is 2470. The Kier molecular flexibility index (Phi) is 8.44. The number of imidazole rings is 2. The van der Waals surface area contributed by atoms with Gasteiger partial charge < -0.3 is 9.97 Å². The molecule has 0 saturated heterocycles. The van der Waals surface area contributed by atoms with Gasteiger partial charge in [-0.05, 0) is 43.7 Å². The van der Waals surface area contributed by atoms with Crippen molar-refractivity contribution >= 4 is 56.9 Å². The molecule has 6 heterocycles. The van der Waals surface area contributed by atoms with Crippen LogP contribution in [0.5, 0.6) is 0 Å². The molecule has 0 bridgehead atoms. The summed E-state index contributed by atoms with van der Waals surface area (Å²) in [4.78, 5) is 50.0. The molecule has 17 heteroatoms. The Morgan fingerprint density at radius 1 is 0.714 bits per heavy atom. The van der Waals surface area contributed by atoms with Crippen molar-refractivity contribution in [2.45, 2.75) is 41.4 Å². The van der Waals surface area contributed by atoms with Crippen LogP contribution in [0.25, 0.3) is 34.0 Å². The lowest BCUT2D eigenvalue weighted by atomic mass is 10.2. The highest BCUT2D eigenvalue weighted by Crippen LogP contribution is 2.26. The van der Waals surface area contributed by atoms with Crippen molar-refractivity contribution in [2.24, 2.45) is 0 Å². The van der Waals surface area contributed by atoms with Gasteiger partial charge in [0.2, 0.25) is 11.9 Å². The first-order valence-corrected chi connectivity index (χ1v) is 18.3. The van der Waals surface area contributed by atoms with Gasteiger partial charge in [0.15, 0.2) is 4.34 Å². The first-order chi connectivity index (χ1) is 23.9. The first kappa shape index (κ1) is 31.0. The first-order valence-electron chi connectivity index (χ1n) is 15.3. The van der Waals surface area contributed by atoms with Crippen molar-refractivity contribution in [1.29, 1.82) is 0 Å². The fourth-order valence-electron chi connectivity index (χ4n) is 5.36. The van der Waals surface area contributed by atoms with Gasteiger partial charge in [-0.2, -0.15) is 9.36 Å². The van der Waals surface area contributed by atoms with Crippen molar-refractivity contribution in [1.82, 2.24) is 59.7 Å². The molecule has 0 spiro atoms. The number of para-hydroxylation sites is 4. The molecule has 0 amide bonds. The third-order valence-corrected chi connectivity index (χ3v) is 10.7. The van der Waals surface area contributed by atoms with E-state index in [1.54, 1.807) is 35.2 Å². The number of hydrogen-bond acceptors (Lipinski definition) is 11. The number of aryl methyl sites for hydroxylation is 3. The minimum Gasteiger partial charge on any atom is -0.322 e. The molecule has 8 rings (SSSR count). The van der Waals surface area contributed by atoms with Crippen LogP contribution in [0, 0.1) is 6.92 Å². The van der Waals surface area contributed by atoms with Crippen molar-refractivity contribution in [3.05, 3.63) is 121 Å². The molecule has 0 aliphatic rings. The molecular formula is C32H28N12O2S3. The maximum Gasteiger partial charge on any atom is 0.274 e. The van der Waals surface area contributed by atoms with Crippen molar-refractivity contribution in [2.75, 3.05) is 0 Å². The molecule has 0 aliphatic carbocycles. The fourth-order valence-corrected chi connectivity index (χ4v) is 7.94. The summed E-state index contributed by atoms with van der Waals surface area (Å²) in [5.74, 6) is 3.40. The summed E-state index contributed by atoms with van der Waals surface area (Å²) in [5.41, 5.74) is 6.39. The van der Waals surface area contributed by atoms with Gasteiger partial charge in [0.05, 0.1) is 27.8 Å². The van der Waals surface area contributed by atoms with E-state index in [4.69, 9.17) is 4.98 Å². The number of H-pyrrole nitrogens is 4. The van der Waals surface area contributed by atoms with Crippen molar-refractivity contribution in [3.63, 3.8) is 0 Å². The largest absolute Gasteiger partial charge is 0.322 e. The Balaban J connectivity index is 0.842. The summed E-state index contributed by atoms with van der Waals surface area (Å²) >= 11 is 4.70. The summed E-state index contributed by atoms with van der Waals surface area (Å²) in [5, 5.41) is 15.9. The molecule has 4 N–H and O–H groups in total. The summed E-state index contributed by atoms with van der Waals surface area (Å²) < 4.78 is 3.67. The fraction of sp³-hybridized carbons (Fsp3) is 0.188. The number of benzene rings is 2. The molecule has 8 aromatic rings. The number of fused-ring (bicyclic) bond motifs is 2. The maximum absolute atomic E-state index is 12.6. The molecule has 0 atom stereocenters. The summed E-state index contributed by atoms with van der Waals surface area (Å²) in [6.45, 7) is 1.97. The van der Waals surface area contributed by atoms with Gasteiger partial charge in [-0.3, -0.25) is 19.8 Å². The van der Waals surface area contributed by atoms with E-state index in [0.717, 1.165) is 60.0 Å². The normalized spacial score (nSPS) is 11.7. The van der Waals surface area contributed by atoms with Crippen LogP contribution in [0.2, 0.25) is 0 Å². The second-order valence-corrected chi connectivity index (χ2v) is 14.5. The van der Waals surface area contributed by atoms with Gasteiger partial charge >= 0.3 is 0 Å². The SMILES string of the molecule is Cc1cc(CCc2nnc(SCc3cc(=O)n(-c4nc5ccccc5[nH]4)[nH]3)s2)nc(CSCc2cc(=O)n(-c3nc4ccccc4[nH]3)[nH]2)n1. The third-order valence-electron chi connectivity index (χ3n) is 7.56. The standard InChI is InChI=1S/C32H28N12O2S3/c1-18-12-19(34-26(33-18)17-47-15-20-13-28(45)43(41-20)30-35-22-6-2-3-7-23(22)36-30)10-11-27-39-40-32(49-27)48-16-21-14-29(46)44(42-21)31-37-24-8-4-5-9-25(24)38-31/h2-9,12-14,41-42H,10-11,15-17H2,1H3,(H,35,36)(H,37,38). The quantitative estimate of drug-likeness (QED) is 0.128. The van der Waals surface area contributed by atoms with Crippen molar-refractivity contribution < 1.29 is 0 Å². The number of nitrogens with zero attached hydrogens (tertiary/aromatic N) is 8. The van der Waals surface area contributed by atoms with Crippen LogP contribution in [-0.4, -0.2) is 59.7 Å². The molecule has 246 valence electrons. The van der Waals surface area contributed by atoms with Crippen LogP contribution in [0.1, 0.15) is 33.6 Å². The lowest BCUT2D eigenvalue weighted by molar-refractivity contribution is 0.789. The zero-order valence-corrected chi connectivity index (χ0v) is 28.5. The van der Waals surface area contributed by atoms with Crippen LogP contribution < -0.4 is 11.1 Å². The predicted molar refractivity (Wildman–Crippen MR) is 191 cm³/mol. The molecule has 0 unspecified atom stereocenters. The molecule has 2 aromatic carbocycles. The molecule has 49 heavy (non-hydrogen) atoms. The van der Waals surface area contributed by atoms with E-state index in [9.17, 15) is 9.59 Å². The minimum atomic E-state index is -0.182. The minimum absolute atomic E-state index is 0.171. The molecule has 6 aromatic heterocycles. The number of rotatable bonds is 12. The van der Waals surface area contributed by atoms with Crippen LogP contribution in [0.3, 0.4) is 0 Å². The van der Waals surface area contributed by atoms with E-state index < -0.39 is 0 Å². The third kappa shape index (κ3) is 6.85. The summed E-state index contributed by atoms with van der Waals surface area (Å²) in [6.07, 6.45) is 1.42. The lowest BCUT2D eigenvalue weighted by Gasteiger charge is -2.05. The zero-order valence-electron chi connectivity index (χ0n) is 26.0. The average molecular weight is 709 g/mol. The second kappa shape index (κ2) is 13.3. The van der Waals surface area contributed by atoms with E-state index >= 15 is 0 Å². The Morgan fingerprint density at radius 3 is 2.00 bits per heavy atom. The van der Waals surface area contributed by atoms with Gasteiger partial charge in [-0.15, -0.1) is 22.0 Å². The van der Waals surface area contributed by atoms with Crippen LogP contribution in [0.4, 0.5) is 0 Å². The van der Waals surface area contributed by atoms with E-state index in [2.05, 4.69) is 45.3 Å². The maximum atomic E-state index is 12.6. The zero-order chi connectivity index (χ0) is 33.3. The number of aromatic amines is 4. The number of hydrogen-bond donors (Lipinski definition) is 4. The number of aromatic nitrogens is 12. The molecular weight excluding hydrogens is 681 g/mol. The predicted octanol–water partition coefficient (Wildman–Crippen LogP) is 4.86. The number of thioether (sulfide) groups is 2. The van der Waals surface area contributed by atoms with Gasteiger partial charge in [0.1, 0.15) is 10.8 Å². The highest BCUT2D eigenvalue weighted by molar-refractivity contribution is 8.00. The Morgan fingerprint density at radius 2 is 1.35 bits per heavy atom. The highest BCUT2D eigenvalue weighted by Gasteiger charge is 2.13. The molecule has 0 aliphatic heterocycles. The van der Waals surface area contributed by atoms with Gasteiger partial charge in [0.25, 0.3) is 11.1 Å². The molecule has 0 fully saturated rings. The van der Waals surface area contributed by atoms with Crippen LogP contribution in [-0.2, 0) is 30.1 Å². The van der Waals surface area contributed by atoms with E-state index in [-0.39, 0.29) is 11.1 Å². The second-order valence-electron chi connectivity index (χ2n) is 11.2. The average Bonchev–Trinajstić information content (AvgIpc) is 3.92. The lowest BCUT2D eigenvalue weighted by Crippen LogP contribution is -2.14. The Hall–Kier alpha value is -5.26. The van der Waals surface area contributed by atoms with E-state index in [1.165, 1.54) is 21.1 Å². The van der Waals surface area contributed by atoms with Gasteiger partial charge in [-0.1, -0.05) is 47.4 Å². The van der Waals surface area contributed by atoms with E-state index in [1.807, 2.05) is 61.5 Å². The molecule has 0 saturated carbocycles. The van der Waals surface area contributed by atoms with E-state index in [0.29, 0.717) is 42.0 Å². The van der Waals surface area contributed by atoms with Crippen LogP contribution in [0.15, 0.2) is 80.7 Å². The van der Waals surface area contributed by atoms with Crippen molar-refractivity contribution in [3.8, 4) is 11.9 Å². The Labute approximate surface area is 289 Å². The summed E-state index contributed by atoms with van der Waals surface area (Å²) in [7, 11) is 0.